The van der Waals surface area contributed by atoms with Gasteiger partial charge in [0.25, 0.3) is 0 Å². The van der Waals surface area contributed by atoms with Crippen molar-refractivity contribution in [1.29, 1.82) is 0 Å². The van der Waals surface area contributed by atoms with E-state index in [0.717, 1.165) is 6.07 Å². The maximum atomic E-state index is 12.5. The molecular formula is C9H8BF6K. The summed E-state index contributed by atoms with van der Waals surface area (Å²) in [5.74, 6) is 0. The number of rotatable bonds is 2. The van der Waals surface area contributed by atoms with Crippen LogP contribution < -0.4 is 56.8 Å². The Labute approximate surface area is 137 Å². The SMILES string of the molecule is CCc1ccc(C(F)(F)F)cc1[B-](F)(F)F.[K+]. The van der Waals surface area contributed by atoms with Crippen molar-refractivity contribution in [2.24, 2.45) is 0 Å². The normalized spacial score (nSPS) is 12.2. The molecule has 0 unspecified atom stereocenters. The van der Waals surface area contributed by atoms with E-state index in [2.05, 4.69) is 0 Å². The summed E-state index contributed by atoms with van der Waals surface area (Å²) < 4.78 is 74.2. The van der Waals surface area contributed by atoms with Crippen LogP contribution in [-0.2, 0) is 12.6 Å². The maximum absolute atomic E-state index is 12.5. The van der Waals surface area contributed by atoms with Gasteiger partial charge >= 0.3 is 64.5 Å². The molecule has 0 atom stereocenters. The van der Waals surface area contributed by atoms with Crippen LogP contribution in [0.3, 0.4) is 0 Å². The van der Waals surface area contributed by atoms with Crippen LogP contribution in [0.1, 0.15) is 18.1 Å². The minimum absolute atomic E-state index is 0. The first kappa shape index (κ1) is 17.5. The topological polar surface area (TPSA) is 0 Å². The van der Waals surface area contributed by atoms with Crippen molar-refractivity contribution >= 4 is 12.4 Å². The summed E-state index contributed by atoms with van der Waals surface area (Å²) in [7, 11) is 0. The molecule has 0 fully saturated rings. The van der Waals surface area contributed by atoms with Crippen molar-refractivity contribution in [3.05, 3.63) is 29.3 Å². The Bertz CT molecular complexity index is 384. The second-order valence-electron chi connectivity index (χ2n) is 3.34. The molecule has 0 saturated carbocycles. The number of aryl methyl sites for hydroxylation is 1. The number of benzene rings is 1. The minimum atomic E-state index is -5.41. The molecule has 90 valence electrons. The summed E-state index contributed by atoms with van der Waals surface area (Å²) in [6.07, 6.45) is -4.70. The van der Waals surface area contributed by atoms with Crippen LogP contribution in [0.2, 0.25) is 0 Å². The van der Waals surface area contributed by atoms with Crippen molar-refractivity contribution in [2.75, 3.05) is 0 Å². The molecule has 8 heteroatoms. The van der Waals surface area contributed by atoms with Gasteiger partial charge in [-0.25, -0.2) is 0 Å². The molecule has 0 aliphatic heterocycles. The first-order valence-electron chi connectivity index (χ1n) is 4.56. The number of alkyl halides is 3. The van der Waals surface area contributed by atoms with Gasteiger partial charge in [0.2, 0.25) is 0 Å². The van der Waals surface area contributed by atoms with Gasteiger partial charge in [-0.3, -0.25) is 0 Å². The first-order valence-corrected chi connectivity index (χ1v) is 4.56. The third-order valence-electron chi connectivity index (χ3n) is 2.21. The zero-order valence-electron chi connectivity index (χ0n) is 9.28. The molecule has 1 rings (SSSR count). The van der Waals surface area contributed by atoms with Crippen LogP contribution in [0.15, 0.2) is 18.2 Å². The largest absolute Gasteiger partial charge is 1.00 e. The van der Waals surface area contributed by atoms with Crippen molar-refractivity contribution in [2.45, 2.75) is 19.5 Å². The van der Waals surface area contributed by atoms with Crippen molar-refractivity contribution in [1.82, 2.24) is 0 Å². The third kappa shape index (κ3) is 4.59. The Morgan fingerprint density at radius 1 is 1.12 bits per heavy atom. The smallest absolute Gasteiger partial charge is 0.445 e. The fourth-order valence-corrected chi connectivity index (χ4v) is 1.40. The second kappa shape index (κ2) is 6.10. The van der Waals surface area contributed by atoms with Gasteiger partial charge in [-0.2, -0.15) is 13.2 Å². The van der Waals surface area contributed by atoms with E-state index in [1.54, 1.807) is 0 Å². The summed E-state index contributed by atoms with van der Waals surface area (Å²) in [5, 5.41) is 0. The Hall–Kier alpha value is 0.501. The summed E-state index contributed by atoms with van der Waals surface area (Å²) in [5.41, 5.74) is -2.53. The Morgan fingerprint density at radius 3 is 2.00 bits per heavy atom. The molecule has 17 heavy (non-hydrogen) atoms. The average molecular weight is 280 g/mol. The third-order valence-corrected chi connectivity index (χ3v) is 2.21. The van der Waals surface area contributed by atoms with Crippen LogP contribution in [0, 0.1) is 0 Å². The molecule has 1 aromatic rings. The summed E-state index contributed by atoms with van der Waals surface area (Å²) in [6.45, 7) is -3.94. The minimum Gasteiger partial charge on any atom is -0.445 e. The monoisotopic (exact) mass is 280 g/mol. The Morgan fingerprint density at radius 2 is 1.65 bits per heavy atom. The molecule has 0 N–H and O–H groups in total. The summed E-state index contributed by atoms with van der Waals surface area (Å²) in [4.78, 5) is 0. The van der Waals surface area contributed by atoms with E-state index >= 15 is 0 Å². The standard InChI is InChI=1S/C9H8BF6.K/c1-2-6-3-4-7(9(11,12)13)5-8(6)10(14,15)16;/h3-5H,2H2,1H3;/q-1;+1. The quantitative estimate of drug-likeness (QED) is 0.541. The molecule has 1 aromatic carbocycles. The van der Waals surface area contributed by atoms with Gasteiger partial charge in [0.1, 0.15) is 0 Å². The van der Waals surface area contributed by atoms with Crippen molar-refractivity contribution in [3.63, 3.8) is 0 Å². The zero-order valence-corrected chi connectivity index (χ0v) is 12.4. The average Bonchev–Trinajstić information content (AvgIpc) is 2.14. The van der Waals surface area contributed by atoms with Gasteiger partial charge < -0.3 is 12.9 Å². The predicted molar refractivity (Wildman–Crippen MR) is 49.5 cm³/mol. The molecule has 0 spiro atoms. The van der Waals surface area contributed by atoms with E-state index < -0.39 is 24.2 Å². The van der Waals surface area contributed by atoms with Crippen LogP contribution in [0.5, 0.6) is 0 Å². The van der Waals surface area contributed by atoms with Crippen molar-refractivity contribution < 1.29 is 77.5 Å². The van der Waals surface area contributed by atoms with Crippen LogP contribution >= 0.6 is 0 Å². The van der Waals surface area contributed by atoms with Gasteiger partial charge in [0, 0.05) is 0 Å². The fraction of sp³-hybridized carbons (Fsp3) is 0.333. The van der Waals surface area contributed by atoms with E-state index in [-0.39, 0.29) is 69.4 Å². The van der Waals surface area contributed by atoms with Crippen LogP contribution in [-0.4, -0.2) is 6.98 Å². The molecule has 0 amide bonds. The number of hydrogen-bond acceptors (Lipinski definition) is 0. The van der Waals surface area contributed by atoms with Gasteiger partial charge in [-0.05, 0) is 12.5 Å². The van der Waals surface area contributed by atoms with E-state index in [4.69, 9.17) is 0 Å². The van der Waals surface area contributed by atoms with Crippen LogP contribution in [0.25, 0.3) is 0 Å². The Balaban J connectivity index is 0.00000256. The molecular weight excluding hydrogens is 272 g/mol. The van der Waals surface area contributed by atoms with E-state index in [0.29, 0.717) is 6.07 Å². The molecule has 0 saturated heterocycles. The van der Waals surface area contributed by atoms with E-state index in [9.17, 15) is 26.1 Å². The van der Waals surface area contributed by atoms with Gasteiger partial charge in [0.05, 0.1) is 5.56 Å². The molecule has 0 heterocycles. The van der Waals surface area contributed by atoms with E-state index in [1.807, 2.05) is 0 Å². The molecule has 0 aromatic heterocycles. The van der Waals surface area contributed by atoms with Gasteiger partial charge in [0.15, 0.2) is 0 Å². The molecule has 0 aliphatic carbocycles. The summed E-state index contributed by atoms with van der Waals surface area (Å²) >= 11 is 0. The first-order chi connectivity index (χ1) is 7.16. The number of hydrogen-bond donors (Lipinski definition) is 0. The molecule has 0 aliphatic rings. The second-order valence-corrected chi connectivity index (χ2v) is 3.34. The molecule has 0 bridgehead atoms. The zero-order chi connectivity index (χ0) is 12.6. The van der Waals surface area contributed by atoms with Crippen LogP contribution in [0.4, 0.5) is 26.1 Å². The van der Waals surface area contributed by atoms with Gasteiger partial charge in [-0.15, -0.1) is 5.46 Å². The summed E-state index contributed by atoms with van der Waals surface area (Å²) in [6, 6.07) is 1.73. The predicted octanol–water partition coefficient (Wildman–Crippen LogP) is 0.326. The van der Waals surface area contributed by atoms with Crippen molar-refractivity contribution in [3.8, 4) is 0 Å². The maximum Gasteiger partial charge on any atom is 1.00 e. The molecule has 0 nitrogen and oxygen atoms in total. The number of halogens is 6. The van der Waals surface area contributed by atoms with Gasteiger partial charge in [-0.1, -0.05) is 24.6 Å². The Kier molecular flexibility index (Phi) is 6.28. The fourth-order valence-electron chi connectivity index (χ4n) is 1.40. The van der Waals surface area contributed by atoms with E-state index in [1.165, 1.54) is 6.92 Å². The molecule has 0 radical (unpaired) electrons.